The first-order valence-electron chi connectivity index (χ1n) is 3.34. The Morgan fingerprint density at radius 2 is 1.94 bits per heavy atom. The fourth-order valence-corrected chi connectivity index (χ4v) is 1.47. The van der Waals surface area contributed by atoms with Gasteiger partial charge in [0.25, 0.3) is 0 Å². The van der Waals surface area contributed by atoms with E-state index in [9.17, 15) is 4.57 Å². The van der Waals surface area contributed by atoms with Gasteiger partial charge in [0.05, 0.1) is 0 Å². The molecule has 0 aliphatic carbocycles. The van der Waals surface area contributed by atoms with Crippen LogP contribution < -0.4 is 64.4 Å². The number of nitrogens with zero attached hydrogens (tertiary/aromatic N) is 1. The van der Waals surface area contributed by atoms with Crippen LogP contribution in [0.25, 0.3) is 0 Å². The van der Waals surface area contributed by atoms with Crippen LogP contribution in [-0.2, 0) is 9.13 Å². The molecule has 0 bridgehead atoms. The van der Waals surface area contributed by atoms with E-state index in [1.54, 1.807) is 11.6 Å². The largest absolute Gasteiger partial charge is 1.00 e. The Kier molecular flexibility index (Phi) is 17.6. The third-order valence-corrected chi connectivity index (χ3v) is 2.17. The molecule has 0 aliphatic heterocycles. The van der Waals surface area contributed by atoms with Gasteiger partial charge >= 0.3 is 75.0 Å². The van der Waals surface area contributed by atoms with Crippen molar-refractivity contribution in [2.45, 2.75) is 0 Å². The number of nitrogens with one attached hydrogen (secondary N) is 1. The van der Waals surface area contributed by atoms with Gasteiger partial charge in [-0.05, 0) is 0 Å². The van der Waals surface area contributed by atoms with Crippen LogP contribution in [0.5, 0.6) is 0 Å². The molecule has 1 heterocycles. The molecule has 1 aromatic rings. The standard InChI is InChI=1S/C4H7N2O3PS.2Na.HO3P.2H/c7-10(8,9)3-6-4-5-1-2-11-4;;;1-4(2)3;;/h1-2H,3H2,(H,5,6)(H2,7,8,9);;;(H-,1,2,3);;/q;2*+1;;2*-1/p+1. The zero-order valence-corrected chi connectivity index (χ0v) is 15.8. The molecule has 8 nitrogen and oxygen atoms in total. The minimum atomic E-state index is -3.95. The van der Waals surface area contributed by atoms with Gasteiger partial charge in [0.15, 0.2) is 5.13 Å². The van der Waals surface area contributed by atoms with Crippen molar-refractivity contribution in [2.24, 2.45) is 0 Å². The second-order valence-corrected chi connectivity index (χ2v) is 5.14. The second kappa shape index (κ2) is 12.6. The van der Waals surface area contributed by atoms with Crippen LogP contribution in [0, 0.1) is 0 Å². The molecule has 0 unspecified atom stereocenters. The van der Waals surface area contributed by atoms with Crippen LogP contribution in [0.3, 0.4) is 0 Å². The van der Waals surface area contributed by atoms with E-state index in [0.717, 1.165) is 0 Å². The summed E-state index contributed by atoms with van der Waals surface area (Å²) in [6.45, 7) is 0. The summed E-state index contributed by atoms with van der Waals surface area (Å²) < 4.78 is 19.0. The number of thiazole rings is 1. The predicted molar refractivity (Wildman–Crippen MR) is 56.9 cm³/mol. The van der Waals surface area contributed by atoms with Crippen LogP contribution in [0.1, 0.15) is 2.85 Å². The Hall–Kier alpha value is 1.60. The molecule has 0 saturated heterocycles. The van der Waals surface area contributed by atoms with Crippen molar-refractivity contribution in [2.75, 3.05) is 11.6 Å². The van der Waals surface area contributed by atoms with E-state index in [1.807, 2.05) is 0 Å². The Morgan fingerprint density at radius 3 is 2.24 bits per heavy atom. The SMILES string of the molecule is O=P(O)(O)CNc1nccs1.O=[P+](O)O.[H-].[H-].[Na+].[Na+]. The smallest absolute Gasteiger partial charge is 1.00 e. The fraction of sp³-hybridized carbons (Fsp3) is 0.250. The van der Waals surface area contributed by atoms with Gasteiger partial charge in [-0.25, -0.2) is 4.98 Å². The minimum absolute atomic E-state index is 0. The minimum Gasteiger partial charge on any atom is -1.00 e. The molecule has 13 heteroatoms. The van der Waals surface area contributed by atoms with Crippen molar-refractivity contribution in [3.8, 4) is 0 Å². The molecule has 0 atom stereocenters. The molecule has 0 aromatic carbocycles. The monoisotopic (exact) mass is 323 g/mol. The Balaban J connectivity index is -0.0000000735. The quantitative estimate of drug-likeness (QED) is 0.274. The van der Waals surface area contributed by atoms with Crippen LogP contribution in [0.2, 0.25) is 0 Å². The van der Waals surface area contributed by atoms with E-state index in [4.69, 9.17) is 24.1 Å². The van der Waals surface area contributed by atoms with Crippen molar-refractivity contribution in [3.63, 3.8) is 0 Å². The Bertz CT molecular complexity index is 351. The normalized spacial score (nSPS) is 8.94. The topological polar surface area (TPSA) is 140 Å². The van der Waals surface area contributed by atoms with E-state index in [2.05, 4.69) is 10.3 Å². The first-order valence-corrected chi connectivity index (χ1v) is 7.18. The van der Waals surface area contributed by atoms with E-state index in [-0.39, 0.29) is 68.3 Å². The molecular formula is C4H11N2Na2O6P2S+. The molecule has 1 aromatic heterocycles. The second-order valence-electron chi connectivity index (χ2n) is 2.09. The van der Waals surface area contributed by atoms with Crippen LogP contribution in [0.15, 0.2) is 11.6 Å². The van der Waals surface area contributed by atoms with Crippen molar-refractivity contribution in [1.29, 1.82) is 0 Å². The molecule has 5 N–H and O–H groups in total. The number of anilines is 1. The molecule has 0 aliphatic rings. The van der Waals surface area contributed by atoms with Gasteiger partial charge in [0, 0.05) is 16.1 Å². The summed E-state index contributed by atoms with van der Waals surface area (Å²) in [6.07, 6.45) is 1.20. The Morgan fingerprint density at radius 1 is 1.47 bits per heavy atom. The number of hydrogen-bond acceptors (Lipinski definition) is 5. The van der Waals surface area contributed by atoms with Crippen molar-refractivity contribution in [3.05, 3.63) is 11.6 Å². The molecule has 0 saturated carbocycles. The average Bonchev–Trinajstić information content (AvgIpc) is 2.49. The zero-order chi connectivity index (χ0) is 11.9. The first kappa shape index (κ1) is 23.7. The van der Waals surface area contributed by atoms with E-state index < -0.39 is 15.9 Å². The predicted octanol–water partition coefficient (Wildman–Crippen LogP) is -5.45. The zero-order valence-electron chi connectivity index (χ0n) is 11.2. The van der Waals surface area contributed by atoms with Crippen molar-refractivity contribution < 1.29 is 90.7 Å². The maximum Gasteiger partial charge on any atom is 1.00 e. The van der Waals surface area contributed by atoms with Gasteiger partial charge in [0.1, 0.15) is 6.29 Å². The van der Waals surface area contributed by atoms with E-state index in [0.29, 0.717) is 5.13 Å². The maximum absolute atomic E-state index is 10.3. The number of aromatic nitrogens is 1. The summed E-state index contributed by atoms with van der Waals surface area (Å²) in [6, 6.07) is 0. The van der Waals surface area contributed by atoms with Gasteiger partial charge in [-0.2, -0.15) is 0 Å². The summed E-state index contributed by atoms with van der Waals surface area (Å²) in [5, 5.41) is 4.75. The van der Waals surface area contributed by atoms with Crippen molar-refractivity contribution in [1.82, 2.24) is 4.98 Å². The third kappa shape index (κ3) is 20.1. The Labute approximate surface area is 150 Å². The summed E-state index contributed by atoms with van der Waals surface area (Å²) in [5.74, 6) is 0. The molecular weight excluding hydrogens is 312 g/mol. The van der Waals surface area contributed by atoms with Gasteiger partial charge < -0.3 is 18.0 Å². The van der Waals surface area contributed by atoms with Gasteiger partial charge in [-0.3, -0.25) is 4.57 Å². The fourth-order valence-electron chi connectivity index (χ4n) is 0.481. The van der Waals surface area contributed by atoms with Gasteiger partial charge in [-0.1, -0.05) is 0 Å². The van der Waals surface area contributed by atoms with Gasteiger partial charge in [0.2, 0.25) is 0 Å². The van der Waals surface area contributed by atoms with E-state index in [1.165, 1.54) is 11.3 Å². The van der Waals surface area contributed by atoms with E-state index >= 15 is 0 Å². The molecule has 1 rings (SSSR count). The first-order chi connectivity index (χ1) is 6.81. The molecule has 0 spiro atoms. The van der Waals surface area contributed by atoms with Crippen LogP contribution >= 0.6 is 27.2 Å². The molecule has 90 valence electrons. The summed E-state index contributed by atoms with van der Waals surface area (Å²) in [5.41, 5.74) is 0. The maximum atomic E-state index is 10.3. The number of hydrogen-bond donors (Lipinski definition) is 5. The molecule has 0 radical (unpaired) electrons. The summed E-state index contributed by atoms with van der Waals surface area (Å²) >= 11 is 1.30. The summed E-state index contributed by atoms with van der Waals surface area (Å²) in [4.78, 5) is 34.9. The van der Waals surface area contributed by atoms with Crippen LogP contribution in [-0.4, -0.2) is 30.8 Å². The van der Waals surface area contributed by atoms with Gasteiger partial charge in [-0.15, -0.1) is 21.1 Å². The van der Waals surface area contributed by atoms with Crippen molar-refractivity contribution >= 4 is 32.3 Å². The average molecular weight is 323 g/mol. The number of rotatable bonds is 3. The third-order valence-electron chi connectivity index (χ3n) is 0.869. The molecule has 17 heavy (non-hydrogen) atoms. The molecule has 0 amide bonds. The summed E-state index contributed by atoms with van der Waals surface area (Å²) in [7, 11) is -6.82. The van der Waals surface area contributed by atoms with Crippen LogP contribution in [0.4, 0.5) is 5.13 Å². The molecule has 0 fully saturated rings.